The van der Waals surface area contributed by atoms with Crippen molar-refractivity contribution in [2.45, 2.75) is 92.1 Å². The minimum absolute atomic E-state index is 0.741. The van der Waals surface area contributed by atoms with Crippen molar-refractivity contribution >= 4 is 0 Å². The van der Waals surface area contributed by atoms with Crippen LogP contribution in [0.5, 0.6) is 0 Å². The normalized spacial score (nSPS) is 52.5. The molecule has 3 saturated heterocycles. The maximum Gasteiger partial charge on any atom is 0.187 e. The van der Waals surface area contributed by atoms with Gasteiger partial charge in [0, 0.05) is 0 Å². The summed E-state index contributed by atoms with van der Waals surface area (Å²) in [4.78, 5) is 0. The van der Waals surface area contributed by atoms with E-state index in [1.165, 1.54) is 0 Å². The lowest BCUT2D eigenvalue weighted by atomic mass is 9.96. The first-order valence-electron chi connectivity index (χ1n) is 10.6. The number of aliphatic hydroxyl groups is 11. The Kier molecular flexibility index (Phi) is 9.54. The minimum Gasteiger partial charge on any atom is -0.394 e. The zero-order valence-electron chi connectivity index (χ0n) is 17.7. The van der Waals surface area contributed by atoms with Gasteiger partial charge in [-0.15, -0.1) is 0 Å². The van der Waals surface area contributed by atoms with Crippen molar-refractivity contribution in [1.82, 2.24) is 0 Å². The zero-order valence-corrected chi connectivity index (χ0v) is 17.7. The predicted molar refractivity (Wildman–Crippen MR) is 101 cm³/mol. The number of aliphatic hydroxyl groups excluding tert-OH is 11. The number of rotatable bonds is 7. The molecule has 3 aliphatic rings. The van der Waals surface area contributed by atoms with Gasteiger partial charge < -0.3 is 79.9 Å². The molecule has 3 heterocycles. The fourth-order valence-electron chi connectivity index (χ4n) is 4.06. The van der Waals surface area contributed by atoms with Crippen molar-refractivity contribution in [1.29, 1.82) is 0 Å². The third-order valence-electron chi connectivity index (χ3n) is 6.09. The molecule has 3 aliphatic heterocycles. The second-order valence-electron chi connectivity index (χ2n) is 8.33. The summed E-state index contributed by atoms with van der Waals surface area (Å²) >= 11 is 0. The first kappa shape index (κ1) is 27.9. The van der Waals surface area contributed by atoms with Crippen molar-refractivity contribution in [3.8, 4) is 0 Å². The van der Waals surface area contributed by atoms with E-state index in [0.29, 0.717) is 0 Å². The van der Waals surface area contributed by atoms with E-state index in [1.54, 1.807) is 0 Å². The quantitative estimate of drug-likeness (QED) is 0.154. The molecule has 16 nitrogen and oxygen atoms in total. The Balaban J connectivity index is 1.72. The van der Waals surface area contributed by atoms with Crippen molar-refractivity contribution in [3.63, 3.8) is 0 Å². The second-order valence-corrected chi connectivity index (χ2v) is 8.33. The highest BCUT2D eigenvalue weighted by molar-refractivity contribution is 4.96. The van der Waals surface area contributed by atoms with Crippen molar-refractivity contribution in [3.05, 3.63) is 0 Å². The minimum atomic E-state index is -1.91. The first-order chi connectivity index (χ1) is 16.0. The highest BCUT2D eigenvalue weighted by Gasteiger charge is 2.53. The molecule has 0 spiro atoms. The van der Waals surface area contributed by atoms with E-state index >= 15 is 0 Å². The van der Waals surface area contributed by atoms with Crippen LogP contribution in [0, 0.1) is 0 Å². The van der Waals surface area contributed by atoms with Gasteiger partial charge in [0.2, 0.25) is 0 Å². The Morgan fingerprint density at radius 3 is 1.35 bits per heavy atom. The Hall–Kier alpha value is -0.640. The second kappa shape index (κ2) is 11.6. The molecule has 200 valence electrons. The maximum absolute atomic E-state index is 10.6. The summed E-state index contributed by atoms with van der Waals surface area (Å²) < 4.78 is 26.4. The number of ether oxygens (including phenoxy) is 5. The molecule has 3 rings (SSSR count). The van der Waals surface area contributed by atoms with Gasteiger partial charge in [0.1, 0.15) is 73.2 Å². The van der Waals surface area contributed by atoms with Crippen LogP contribution in [0.1, 0.15) is 0 Å². The molecule has 0 bridgehead atoms. The Labute approximate surface area is 192 Å². The molecule has 3 fully saturated rings. The van der Waals surface area contributed by atoms with E-state index in [2.05, 4.69) is 0 Å². The van der Waals surface area contributed by atoms with Crippen LogP contribution < -0.4 is 0 Å². The largest absolute Gasteiger partial charge is 0.394 e. The summed E-state index contributed by atoms with van der Waals surface area (Å²) in [5.74, 6) is 0. The van der Waals surface area contributed by atoms with Crippen LogP contribution in [-0.2, 0) is 23.7 Å². The molecule has 0 aromatic rings. The fourth-order valence-corrected chi connectivity index (χ4v) is 4.06. The molecule has 0 amide bonds. The third kappa shape index (κ3) is 5.37. The molecule has 0 aliphatic carbocycles. The Bertz CT molecular complexity index is 635. The van der Waals surface area contributed by atoms with Crippen molar-refractivity contribution in [2.24, 2.45) is 0 Å². The van der Waals surface area contributed by atoms with Gasteiger partial charge in [-0.05, 0) is 0 Å². The fraction of sp³-hybridized carbons (Fsp3) is 1.00. The average Bonchev–Trinajstić information content (AvgIpc) is 2.83. The van der Waals surface area contributed by atoms with E-state index in [-0.39, 0.29) is 0 Å². The highest BCUT2D eigenvalue weighted by atomic mass is 16.8. The van der Waals surface area contributed by atoms with E-state index in [1.807, 2.05) is 0 Å². The van der Waals surface area contributed by atoms with Crippen LogP contribution >= 0.6 is 0 Å². The third-order valence-corrected chi connectivity index (χ3v) is 6.09. The maximum atomic E-state index is 10.6. The Morgan fingerprint density at radius 2 is 0.853 bits per heavy atom. The van der Waals surface area contributed by atoms with Gasteiger partial charge in [0.15, 0.2) is 18.9 Å². The van der Waals surface area contributed by atoms with Crippen LogP contribution in [0.2, 0.25) is 0 Å². The molecule has 15 atom stereocenters. The van der Waals surface area contributed by atoms with E-state index in [4.69, 9.17) is 23.7 Å². The van der Waals surface area contributed by atoms with Gasteiger partial charge >= 0.3 is 0 Å². The topological polar surface area (TPSA) is 269 Å². The Morgan fingerprint density at radius 1 is 0.441 bits per heavy atom. The van der Waals surface area contributed by atoms with Gasteiger partial charge in [-0.2, -0.15) is 0 Å². The molecular weight excluding hydrogens is 472 g/mol. The van der Waals surface area contributed by atoms with Crippen LogP contribution in [0.25, 0.3) is 0 Å². The molecule has 34 heavy (non-hydrogen) atoms. The monoisotopic (exact) mass is 504 g/mol. The molecular formula is C18H32O16. The van der Waals surface area contributed by atoms with Gasteiger partial charge in [0.05, 0.1) is 19.8 Å². The average molecular weight is 504 g/mol. The van der Waals surface area contributed by atoms with Gasteiger partial charge in [-0.3, -0.25) is 0 Å². The van der Waals surface area contributed by atoms with Crippen LogP contribution in [0.15, 0.2) is 0 Å². The van der Waals surface area contributed by atoms with Crippen molar-refractivity contribution in [2.75, 3.05) is 19.8 Å². The van der Waals surface area contributed by atoms with Crippen LogP contribution in [-0.4, -0.2) is 168 Å². The molecule has 6 unspecified atom stereocenters. The summed E-state index contributed by atoms with van der Waals surface area (Å²) in [6.07, 6.45) is -25.1. The molecule has 0 aromatic carbocycles. The number of hydrogen-bond acceptors (Lipinski definition) is 16. The summed E-state index contributed by atoms with van der Waals surface area (Å²) in [5.41, 5.74) is 0. The first-order valence-corrected chi connectivity index (χ1v) is 10.6. The van der Waals surface area contributed by atoms with Crippen LogP contribution in [0.4, 0.5) is 0 Å². The van der Waals surface area contributed by atoms with Gasteiger partial charge in [-0.25, -0.2) is 0 Å². The summed E-state index contributed by atoms with van der Waals surface area (Å²) in [6.45, 7) is -2.32. The molecule has 11 N–H and O–H groups in total. The lowest BCUT2D eigenvalue weighted by Crippen LogP contribution is -2.66. The zero-order chi connectivity index (χ0) is 25.3. The SMILES string of the molecule is OCC1O[C@@H](O[C@H]2C(O)C(O)[C@H](O)O[C@H]2CO)[C@@H](O)C(O)[C@H]1O[C@H]1OC(CO)[C@H](O)[C@H](O)C1O. The van der Waals surface area contributed by atoms with Crippen LogP contribution in [0.3, 0.4) is 0 Å². The van der Waals surface area contributed by atoms with Gasteiger partial charge in [0.25, 0.3) is 0 Å². The molecule has 0 saturated carbocycles. The summed E-state index contributed by atoms with van der Waals surface area (Å²) in [7, 11) is 0. The lowest BCUT2D eigenvalue weighted by Gasteiger charge is -2.47. The molecule has 16 heteroatoms. The molecule has 0 aromatic heterocycles. The smallest absolute Gasteiger partial charge is 0.187 e. The van der Waals surface area contributed by atoms with Gasteiger partial charge in [-0.1, -0.05) is 0 Å². The van der Waals surface area contributed by atoms with E-state index in [9.17, 15) is 56.2 Å². The van der Waals surface area contributed by atoms with E-state index in [0.717, 1.165) is 0 Å². The summed E-state index contributed by atoms with van der Waals surface area (Å²) in [6, 6.07) is 0. The number of hydrogen-bond donors (Lipinski definition) is 11. The lowest BCUT2D eigenvalue weighted by molar-refractivity contribution is -0.377. The predicted octanol–water partition coefficient (Wildman–Crippen LogP) is -7.57. The summed E-state index contributed by atoms with van der Waals surface area (Å²) in [5, 5.41) is 109. The van der Waals surface area contributed by atoms with Crippen molar-refractivity contribution < 1.29 is 79.9 Å². The van der Waals surface area contributed by atoms with E-state index < -0.39 is 112 Å². The highest BCUT2D eigenvalue weighted by Crippen LogP contribution is 2.32. The standard InChI is InChI=1S/C18H32O16/c19-1-4-7(22)8(23)12(27)17(31-4)34-15-6(3-21)32-18(13(28)10(15)25)33-14-5(2-20)30-16(29)11(26)9(14)24/h4-29H,1-3H2/t4?,5-,6?,7-,8-,9?,10?,11?,12?,13-,14+,15-,16+,17+,18-/m0/s1. The molecule has 0 radical (unpaired) electrons.